The maximum atomic E-state index is 12.5. The van der Waals surface area contributed by atoms with Crippen molar-refractivity contribution < 1.29 is 154 Å². The number of aliphatic carboxylic acids is 2. The van der Waals surface area contributed by atoms with Crippen LogP contribution in [0.4, 0.5) is 0 Å². The number of fused-ring (bicyclic) bond motifs is 14. The second-order valence-corrected chi connectivity index (χ2v) is 31.8. The minimum Gasteiger partial charge on any atom is -0.481 e. The van der Waals surface area contributed by atoms with Crippen molar-refractivity contribution in [3.63, 3.8) is 0 Å². The Morgan fingerprint density at radius 2 is 0.596 bits per heavy atom. The number of rotatable bonds is 43. The van der Waals surface area contributed by atoms with E-state index in [1.807, 2.05) is 0 Å². The van der Waals surface area contributed by atoms with Crippen LogP contribution >= 0.6 is 31.3 Å². The highest BCUT2D eigenvalue weighted by Crippen LogP contribution is 2.54. The molecule has 0 saturated carbocycles. The summed E-state index contributed by atoms with van der Waals surface area (Å²) in [5.41, 5.74) is 10.6. The van der Waals surface area contributed by atoms with Gasteiger partial charge in [-0.1, -0.05) is 6.42 Å². The van der Waals surface area contributed by atoms with Crippen molar-refractivity contribution in [3.05, 3.63) is 0 Å². The largest absolute Gasteiger partial charge is 0.481 e. The third-order valence-electron chi connectivity index (χ3n) is 18.1. The average molecular weight is 1570 g/mol. The lowest BCUT2D eigenvalue weighted by atomic mass is 9.76. The number of carboxylic acid groups (broad SMARTS) is 2. The monoisotopic (exact) mass is 1570 g/mol. The van der Waals surface area contributed by atoms with Crippen LogP contribution in [0.5, 0.6) is 0 Å². The Labute approximate surface area is 608 Å². The van der Waals surface area contributed by atoms with Gasteiger partial charge in [-0.25, -0.2) is 18.3 Å². The first-order valence-corrected chi connectivity index (χ1v) is 42.4. The predicted molar refractivity (Wildman–Crippen MR) is 364 cm³/mol. The lowest BCUT2D eigenvalue weighted by Crippen LogP contribution is -2.39. The van der Waals surface area contributed by atoms with Crippen molar-refractivity contribution >= 4 is 78.9 Å². The number of cyclic esters (lactones) is 4. The summed E-state index contributed by atoms with van der Waals surface area (Å²) in [5.74, 6) is -7.93. The lowest BCUT2D eigenvalue weighted by Gasteiger charge is -2.23. The summed E-state index contributed by atoms with van der Waals surface area (Å²) in [6, 6.07) is 0. The molecule has 600 valence electrons. The number of hydrogen-bond donors (Lipinski definition) is 4. The molecule has 6 N–H and O–H groups in total. The number of unbranched alkanes of at least 4 members (excludes halogenated alkanes) is 5. The quantitative estimate of drug-likeness (QED) is 0.0145. The second-order valence-electron chi connectivity index (χ2n) is 25.1. The molecule has 35 nitrogen and oxygen atoms in total. The van der Waals surface area contributed by atoms with Gasteiger partial charge < -0.3 is 54.8 Å². The molecular weight excluding hydrogens is 1460 g/mol. The molecule has 16 atom stereocenters. The number of ether oxygens (including phenoxy) is 7. The predicted octanol–water partition coefficient (Wildman–Crippen LogP) is 9.15. The third-order valence-corrected chi connectivity index (χ3v) is 24.7. The molecular formula is C65H112N2O33P4. The number of carboxylic acids is 2. The highest BCUT2D eigenvalue weighted by Gasteiger charge is 2.63. The summed E-state index contributed by atoms with van der Waals surface area (Å²) in [6.45, 7) is 18.4. The second kappa shape index (κ2) is 46.3. The number of carbonyl (C=O) groups is 8. The van der Waals surface area contributed by atoms with Crippen LogP contribution in [0, 0.1) is 47.3 Å². The Bertz CT molecular complexity index is 2630. The first kappa shape index (κ1) is 91.2. The zero-order valence-corrected chi connectivity index (χ0v) is 64.6. The molecule has 10 aliphatic heterocycles. The molecule has 10 rings (SSSR count). The van der Waals surface area contributed by atoms with E-state index >= 15 is 0 Å². The third kappa shape index (κ3) is 27.0. The van der Waals surface area contributed by atoms with E-state index in [4.69, 9.17) is 89.4 Å². The van der Waals surface area contributed by atoms with Gasteiger partial charge in [-0.2, -0.15) is 0 Å². The van der Waals surface area contributed by atoms with E-state index in [-0.39, 0.29) is 142 Å². The normalized spacial score (nSPS) is 28.5. The van der Waals surface area contributed by atoms with Gasteiger partial charge in [-0.05, 0) is 171 Å². The molecule has 0 radical (unpaired) electrons. The SMILES string of the molecule is CCOP(=O)(OCC)OCCCCCC(=O)C1C2CCC(O2)C1C(=O)O.CCOP(=O)(OCC)OCCCCN.CCOP(=O)(OCC)OCCCCN.CCOP(=O)(OCC)OCCCCOC(=O)C1C2CCC(O2)C1C(=O)O.O=C1OC(=O)C2C3CCC(O3)C12.O=C1OC(=O)C2C3CCC(O3)C12. The van der Waals surface area contributed by atoms with Crippen molar-refractivity contribution in [2.75, 3.05) is 99.0 Å². The van der Waals surface area contributed by atoms with E-state index in [0.29, 0.717) is 104 Å². The Morgan fingerprint density at radius 3 is 0.894 bits per heavy atom. The molecule has 10 saturated heterocycles. The van der Waals surface area contributed by atoms with E-state index in [2.05, 4.69) is 9.47 Å². The molecule has 0 aromatic rings. The number of hydrogen-bond acceptors (Lipinski definition) is 33. The van der Waals surface area contributed by atoms with Crippen molar-refractivity contribution in [1.82, 2.24) is 0 Å². The number of ketones is 1. The van der Waals surface area contributed by atoms with Gasteiger partial charge in [0.2, 0.25) is 0 Å². The molecule has 0 aromatic carbocycles. The van der Waals surface area contributed by atoms with Gasteiger partial charge in [0.25, 0.3) is 0 Å². The van der Waals surface area contributed by atoms with Crippen LogP contribution < -0.4 is 11.5 Å². The topological polar surface area (TPSA) is 473 Å². The molecule has 16 unspecified atom stereocenters. The van der Waals surface area contributed by atoms with Gasteiger partial charge in [0.1, 0.15) is 5.78 Å². The van der Waals surface area contributed by atoms with Gasteiger partial charge in [-0.15, -0.1) is 0 Å². The van der Waals surface area contributed by atoms with Gasteiger partial charge in [-0.3, -0.25) is 92.6 Å². The van der Waals surface area contributed by atoms with Crippen LogP contribution in [0.2, 0.25) is 0 Å². The van der Waals surface area contributed by atoms with Crippen LogP contribution in [0.3, 0.4) is 0 Å². The number of phosphoric ester groups is 4. The maximum Gasteiger partial charge on any atom is 0.474 e. The summed E-state index contributed by atoms with van der Waals surface area (Å²) < 4.78 is 144. The number of phosphoric acid groups is 4. The van der Waals surface area contributed by atoms with Crippen LogP contribution in [-0.2, 0) is 144 Å². The fourth-order valence-corrected chi connectivity index (χ4v) is 18.7. The Hall–Kier alpha value is -3.44. The minimum atomic E-state index is -3.52. The van der Waals surface area contributed by atoms with Crippen LogP contribution in [0.25, 0.3) is 0 Å². The Kier molecular flexibility index (Phi) is 40.6. The molecule has 10 heterocycles. The van der Waals surface area contributed by atoms with Crippen molar-refractivity contribution in [3.8, 4) is 0 Å². The summed E-state index contributed by atoms with van der Waals surface area (Å²) in [7, 11) is -13.6. The molecule has 8 bridgehead atoms. The zero-order chi connectivity index (χ0) is 76.6. The van der Waals surface area contributed by atoms with Gasteiger partial charge in [0, 0.05) is 6.42 Å². The van der Waals surface area contributed by atoms with Crippen LogP contribution in [-0.4, -0.2) is 206 Å². The van der Waals surface area contributed by atoms with E-state index in [0.717, 1.165) is 64.2 Å². The summed E-state index contributed by atoms with van der Waals surface area (Å²) in [6.07, 6.45) is 11.5. The van der Waals surface area contributed by atoms with Crippen molar-refractivity contribution in [2.24, 2.45) is 58.8 Å². The zero-order valence-electron chi connectivity index (χ0n) is 61.1. The summed E-state index contributed by atoms with van der Waals surface area (Å²) >= 11 is 0. The van der Waals surface area contributed by atoms with Gasteiger partial charge in [0.15, 0.2) is 0 Å². The fourth-order valence-electron chi connectivity index (χ4n) is 13.8. The summed E-state index contributed by atoms with van der Waals surface area (Å²) in [5, 5.41) is 18.7. The molecule has 104 heavy (non-hydrogen) atoms. The molecule has 10 aliphatic rings. The number of Topliss-reactive ketones (excluding diaryl/α,β-unsaturated/α-hetero) is 1. The van der Waals surface area contributed by atoms with Crippen LogP contribution in [0.1, 0.15) is 171 Å². The highest BCUT2D eigenvalue weighted by molar-refractivity contribution is 7.49. The minimum absolute atomic E-state index is 0.0279. The first-order chi connectivity index (χ1) is 49.7. The number of esters is 5. The van der Waals surface area contributed by atoms with Crippen LogP contribution in [0.15, 0.2) is 0 Å². The molecule has 0 aliphatic carbocycles. The van der Waals surface area contributed by atoms with Gasteiger partial charge >= 0.3 is 73.1 Å². The highest BCUT2D eigenvalue weighted by atomic mass is 31.2. The standard InChI is InChI=1S/C17H29O8P.C16H27O9P.2C8H20NO4P.2C8H8O4/c1-3-22-26(21,23-4-2)24-11-7-5-6-8-12(18)15-13-9-10-14(25-13)16(15)17(19)20;1-3-22-26(20,23-4-2)24-10-6-5-9-21-16(19)14-12-8-7-11(25-12)13(14)15(17)18;2*1-3-11-14(10,12-4-2)13-8-6-5-7-9;2*9-7-5-3-1-2-4(11-3)6(5)8(10)12-7/h13-16H,3-11H2,1-2H3,(H,19,20);11-14H,3-10H2,1-2H3,(H,17,18);2*3-9H2,1-2H3;2*3-6H,1-2H2. The molecule has 10 fully saturated rings. The number of nitrogens with two attached hydrogens (primary N) is 2. The van der Waals surface area contributed by atoms with Crippen molar-refractivity contribution in [2.45, 2.75) is 220 Å². The maximum absolute atomic E-state index is 12.5. The fraction of sp³-hybridized carbons (Fsp3) is 0.877. The van der Waals surface area contributed by atoms with E-state index < -0.39 is 79.0 Å². The van der Waals surface area contributed by atoms with Crippen molar-refractivity contribution in [1.29, 1.82) is 0 Å². The number of carbonyl (C=O) groups excluding carboxylic acids is 6. The lowest BCUT2D eigenvalue weighted by molar-refractivity contribution is -0.158. The smallest absolute Gasteiger partial charge is 0.474 e. The van der Waals surface area contributed by atoms with E-state index in [1.54, 1.807) is 55.4 Å². The average Bonchev–Trinajstić information content (AvgIpc) is 1.59. The van der Waals surface area contributed by atoms with E-state index in [9.17, 15) is 66.8 Å². The molecule has 0 aromatic heterocycles. The molecule has 0 spiro atoms. The molecule has 39 heteroatoms. The first-order valence-electron chi connectivity index (χ1n) is 36.6. The summed E-state index contributed by atoms with van der Waals surface area (Å²) in [4.78, 5) is 92.0. The van der Waals surface area contributed by atoms with Gasteiger partial charge in [0.05, 0.1) is 182 Å². The Balaban J connectivity index is 0.000000231. The Morgan fingerprint density at radius 1 is 0.346 bits per heavy atom. The molecule has 0 amide bonds. The van der Waals surface area contributed by atoms with E-state index in [1.165, 1.54) is 0 Å².